The molecule has 14 heavy (non-hydrogen) atoms. The maximum absolute atomic E-state index is 11.5. The molecule has 0 aliphatic heterocycles. The van der Waals surface area contributed by atoms with Crippen LogP contribution in [-0.2, 0) is 0 Å². The van der Waals surface area contributed by atoms with Crippen LogP contribution in [0.1, 0.15) is 27.2 Å². The summed E-state index contributed by atoms with van der Waals surface area (Å²) in [5, 5.41) is 2.86. The van der Waals surface area contributed by atoms with Gasteiger partial charge in [-0.2, -0.15) is 0 Å². The van der Waals surface area contributed by atoms with Gasteiger partial charge in [0.15, 0.2) is 0 Å². The lowest BCUT2D eigenvalue weighted by Gasteiger charge is -2.22. The highest BCUT2D eigenvalue weighted by Gasteiger charge is 2.16. The number of rotatable bonds is 3. The molecule has 1 aromatic rings. The van der Waals surface area contributed by atoms with Crippen LogP contribution >= 0.6 is 0 Å². The first kappa shape index (κ1) is 10.8. The van der Waals surface area contributed by atoms with Crippen molar-refractivity contribution >= 4 is 6.03 Å². The monoisotopic (exact) mass is 195 g/mol. The van der Waals surface area contributed by atoms with Crippen molar-refractivity contribution in [2.24, 2.45) is 5.41 Å². The van der Waals surface area contributed by atoms with Gasteiger partial charge in [-0.3, -0.25) is 4.57 Å². The third kappa shape index (κ3) is 2.87. The summed E-state index contributed by atoms with van der Waals surface area (Å²) in [6, 6.07) is -0.121. The highest BCUT2D eigenvalue weighted by Crippen LogP contribution is 2.17. The van der Waals surface area contributed by atoms with Gasteiger partial charge in [0.1, 0.15) is 6.33 Å². The number of aromatic nitrogens is 2. The van der Waals surface area contributed by atoms with E-state index in [-0.39, 0.29) is 11.4 Å². The van der Waals surface area contributed by atoms with Crippen LogP contribution in [-0.4, -0.2) is 22.1 Å². The van der Waals surface area contributed by atoms with E-state index in [1.54, 1.807) is 12.4 Å². The molecule has 1 aromatic heterocycles. The first-order chi connectivity index (χ1) is 6.55. The fraction of sp³-hybridized carbons (Fsp3) is 0.600. The fourth-order valence-corrected chi connectivity index (χ4v) is 0.910. The number of carbonyl (C=O) groups is 1. The number of hydrogen-bond donors (Lipinski definition) is 1. The molecule has 0 aromatic carbocycles. The van der Waals surface area contributed by atoms with Crippen LogP contribution < -0.4 is 5.32 Å². The molecule has 78 valence electrons. The summed E-state index contributed by atoms with van der Waals surface area (Å²) in [6.45, 7) is 7.05. The van der Waals surface area contributed by atoms with Gasteiger partial charge in [0.05, 0.1) is 0 Å². The van der Waals surface area contributed by atoms with Crippen LogP contribution in [0.4, 0.5) is 4.79 Å². The molecule has 0 fully saturated rings. The highest BCUT2D eigenvalue weighted by molar-refractivity contribution is 5.76. The topological polar surface area (TPSA) is 46.9 Å². The summed E-state index contributed by atoms with van der Waals surface area (Å²) in [5.74, 6) is 0. The smallest absolute Gasteiger partial charge is 0.326 e. The Hall–Kier alpha value is -1.32. The largest absolute Gasteiger partial charge is 0.337 e. The van der Waals surface area contributed by atoms with Gasteiger partial charge in [-0.1, -0.05) is 20.8 Å². The zero-order valence-electron chi connectivity index (χ0n) is 8.95. The lowest BCUT2D eigenvalue weighted by atomic mass is 9.90. The lowest BCUT2D eigenvalue weighted by molar-refractivity contribution is 0.234. The zero-order chi connectivity index (χ0) is 10.6. The molecule has 0 spiro atoms. The van der Waals surface area contributed by atoms with Crippen LogP contribution in [0.3, 0.4) is 0 Å². The molecule has 1 amide bonds. The third-order valence-corrected chi connectivity index (χ3v) is 2.41. The molecule has 0 saturated heterocycles. The molecule has 0 radical (unpaired) electrons. The number of imidazole rings is 1. The quantitative estimate of drug-likeness (QED) is 0.800. The van der Waals surface area contributed by atoms with Gasteiger partial charge in [-0.25, -0.2) is 9.78 Å². The zero-order valence-corrected chi connectivity index (χ0v) is 8.95. The summed E-state index contributed by atoms with van der Waals surface area (Å²) in [5.41, 5.74) is 0.149. The van der Waals surface area contributed by atoms with Crippen molar-refractivity contribution in [3.05, 3.63) is 18.7 Å². The second kappa shape index (κ2) is 4.26. The average molecular weight is 195 g/mol. The van der Waals surface area contributed by atoms with E-state index >= 15 is 0 Å². The van der Waals surface area contributed by atoms with Gasteiger partial charge in [-0.05, 0) is 11.8 Å². The Morgan fingerprint density at radius 3 is 2.79 bits per heavy atom. The van der Waals surface area contributed by atoms with Crippen molar-refractivity contribution in [3.8, 4) is 0 Å². The Balaban J connectivity index is 2.43. The van der Waals surface area contributed by atoms with E-state index < -0.39 is 0 Å². The predicted molar refractivity (Wildman–Crippen MR) is 55.1 cm³/mol. The second-order valence-electron chi connectivity index (χ2n) is 4.15. The number of carbonyl (C=O) groups excluding carboxylic acids is 1. The van der Waals surface area contributed by atoms with Crippen LogP contribution in [0.25, 0.3) is 0 Å². The Labute approximate surface area is 84.3 Å². The van der Waals surface area contributed by atoms with Crippen LogP contribution in [0, 0.1) is 5.41 Å². The summed E-state index contributed by atoms with van der Waals surface area (Å²) < 4.78 is 1.44. The first-order valence-corrected chi connectivity index (χ1v) is 4.81. The molecule has 0 unspecified atom stereocenters. The van der Waals surface area contributed by atoms with Gasteiger partial charge in [0, 0.05) is 18.9 Å². The molecule has 0 saturated carbocycles. The second-order valence-corrected chi connectivity index (χ2v) is 4.15. The summed E-state index contributed by atoms with van der Waals surface area (Å²) >= 11 is 0. The summed E-state index contributed by atoms with van der Waals surface area (Å²) in [4.78, 5) is 15.3. The predicted octanol–water partition coefficient (Wildman–Crippen LogP) is 1.88. The molecule has 4 heteroatoms. The maximum atomic E-state index is 11.5. The Kier molecular flexibility index (Phi) is 3.28. The van der Waals surface area contributed by atoms with E-state index in [0.29, 0.717) is 6.54 Å². The molecule has 0 aliphatic carbocycles. The number of amides is 1. The average Bonchev–Trinajstić information content (AvgIpc) is 2.67. The van der Waals surface area contributed by atoms with Crippen LogP contribution in [0.2, 0.25) is 0 Å². The Bertz CT molecular complexity index is 290. The maximum Gasteiger partial charge on any atom is 0.326 e. The van der Waals surface area contributed by atoms with Crippen molar-refractivity contribution in [2.75, 3.05) is 6.54 Å². The Morgan fingerprint density at radius 1 is 1.57 bits per heavy atom. The fourth-order valence-electron chi connectivity index (χ4n) is 0.910. The van der Waals surface area contributed by atoms with Crippen molar-refractivity contribution in [2.45, 2.75) is 27.2 Å². The standard InChI is InChI=1S/C10H17N3O/c1-4-10(2,3)7-12-9(14)13-6-5-11-8-13/h5-6,8H,4,7H2,1-3H3,(H,12,14). The van der Waals surface area contributed by atoms with E-state index in [1.807, 2.05) is 0 Å². The van der Waals surface area contributed by atoms with Crippen molar-refractivity contribution in [1.82, 2.24) is 14.9 Å². The summed E-state index contributed by atoms with van der Waals surface area (Å²) in [7, 11) is 0. The van der Waals surface area contributed by atoms with E-state index in [9.17, 15) is 4.79 Å². The first-order valence-electron chi connectivity index (χ1n) is 4.81. The molecule has 0 aliphatic rings. The number of hydrogen-bond acceptors (Lipinski definition) is 2. The van der Waals surface area contributed by atoms with E-state index in [2.05, 4.69) is 31.1 Å². The van der Waals surface area contributed by atoms with Crippen molar-refractivity contribution < 1.29 is 4.79 Å². The molecule has 1 N–H and O–H groups in total. The minimum absolute atomic E-state index is 0.121. The summed E-state index contributed by atoms with van der Waals surface area (Å²) in [6.07, 6.45) is 5.75. The normalized spacial score (nSPS) is 11.4. The third-order valence-electron chi connectivity index (χ3n) is 2.41. The number of nitrogens with zero attached hydrogens (tertiary/aromatic N) is 2. The molecule has 1 heterocycles. The van der Waals surface area contributed by atoms with Gasteiger partial charge >= 0.3 is 6.03 Å². The lowest BCUT2D eigenvalue weighted by Crippen LogP contribution is -2.35. The van der Waals surface area contributed by atoms with Crippen molar-refractivity contribution in [3.63, 3.8) is 0 Å². The minimum Gasteiger partial charge on any atom is -0.337 e. The van der Waals surface area contributed by atoms with E-state index in [4.69, 9.17) is 0 Å². The van der Waals surface area contributed by atoms with E-state index in [1.165, 1.54) is 10.9 Å². The molecular formula is C10H17N3O. The van der Waals surface area contributed by atoms with Crippen LogP contribution in [0.15, 0.2) is 18.7 Å². The van der Waals surface area contributed by atoms with Crippen LogP contribution in [0.5, 0.6) is 0 Å². The number of nitrogens with one attached hydrogen (secondary N) is 1. The van der Waals surface area contributed by atoms with Gasteiger partial charge in [0.2, 0.25) is 0 Å². The Morgan fingerprint density at radius 2 is 2.29 bits per heavy atom. The minimum atomic E-state index is -0.121. The molecule has 0 atom stereocenters. The van der Waals surface area contributed by atoms with Crippen molar-refractivity contribution in [1.29, 1.82) is 0 Å². The SMILES string of the molecule is CCC(C)(C)CNC(=O)n1ccnc1. The molecule has 1 rings (SSSR count). The molecule has 4 nitrogen and oxygen atoms in total. The molecular weight excluding hydrogens is 178 g/mol. The molecule has 0 bridgehead atoms. The van der Waals surface area contributed by atoms with Gasteiger partial charge in [0.25, 0.3) is 0 Å². The van der Waals surface area contributed by atoms with Gasteiger partial charge in [-0.15, -0.1) is 0 Å². The van der Waals surface area contributed by atoms with Gasteiger partial charge < -0.3 is 5.32 Å². The van der Waals surface area contributed by atoms with E-state index in [0.717, 1.165) is 6.42 Å². The highest BCUT2D eigenvalue weighted by atomic mass is 16.2.